The monoisotopic (exact) mass is 540 g/mol. The van der Waals surface area contributed by atoms with Crippen LogP contribution in [0.1, 0.15) is 91.2 Å². The molecule has 1 aromatic heterocycles. The van der Waals surface area contributed by atoms with Crippen LogP contribution in [0.4, 0.5) is 4.79 Å². The summed E-state index contributed by atoms with van der Waals surface area (Å²) in [7, 11) is 0. The maximum atomic E-state index is 12.2. The number of nitrogens with zero attached hydrogens (tertiary/aromatic N) is 1. The summed E-state index contributed by atoms with van der Waals surface area (Å²) < 4.78 is 5.56. The molecule has 4 aliphatic rings. The van der Waals surface area contributed by atoms with Crippen molar-refractivity contribution in [2.24, 2.45) is 52.3 Å². The Hall–Kier alpha value is -1.66. The second-order valence-corrected chi connectivity index (χ2v) is 14.0. The van der Waals surface area contributed by atoms with Gasteiger partial charge in [0, 0.05) is 24.9 Å². The quantitative estimate of drug-likeness (QED) is 0.376. The molecule has 4 fully saturated rings. The van der Waals surface area contributed by atoms with Crippen LogP contribution in [0.2, 0.25) is 0 Å². The smallest absolute Gasteiger partial charge is 0.407 e. The van der Waals surface area contributed by atoms with Gasteiger partial charge >= 0.3 is 6.09 Å². The van der Waals surface area contributed by atoms with E-state index in [-0.39, 0.29) is 29.1 Å². The minimum atomic E-state index is -0.342. The van der Waals surface area contributed by atoms with Crippen LogP contribution < -0.4 is 5.32 Å². The van der Waals surface area contributed by atoms with Crippen LogP contribution in [-0.2, 0) is 11.2 Å². The first-order valence-electron chi connectivity index (χ1n) is 15.9. The Labute approximate surface area is 235 Å². The maximum absolute atomic E-state index is 12.2. The third kappa shape index (κ3) is 5.37. The van der Waals surface area contributed by atoms with E-state index in [0.29, 0.717) is 61.0 Å². The Morgan fingerprint density at radius 2 is 1.87 bits per heavy atom. The highest BCUT2D eigenvalue weighted by atomic mass is 16.5. The molecule has 3 N–H and O–H groups in total. The topological polar surface area (TPSA) is 91.7 Å². The maximum Gasteiger partial charge on any atom is 0.407 e. The van der Waals surface area contributed by atoms with Crippen LogP contribution in [-0.4, -0.2) is 46.6 Å². The van der Waals surface area contributed by atoms with Gasteiger partial charge in [-0.05, 0) is 116 Å². The summed E-state index contributed by atoms with van der Waals surface area (Å²) in [6.45, 7) is 10.6. The molecule has 5 rings (SSSR count). The minimum absolute atomic E-state index is 0.198. The zero-order valence-corrected chi connectivity index (χ0v) is 24.6. The molecule has 1 aromatic rings. The molecule has 0 aliphatic heterocycles. The Morgan fingerprint density at radius 1 is 1.10 bits per heavy atom. The first-order chi connectivity index (χ1) is 18.7. The molecule has 0 saturated heterocycles. The van der Waals surface area contributed by atoms with Gasteiger partial charge in [0.25, 0.3) is 0 Å². The molecule has 6 nitrogen and oxygen atoms in total. The van der Waals surface area contributed by atoms with Gasteiger partial charge in [-0.25, -0.2) is 4.79 Å². The van der Waals surface area contributed by atoms with E-state index in [1.165, 1.54) is 25.7 Å². The van der Waals surface area contributed by atoms with E-state index < -0.39 is 0 Å². The zero-order valence-electron chi connectivity index (χ0n) is 24.6. The van der Waals surface area contributed by atoms with Gasteiger partial charge < -0.3 is 20.3 Å². The first-order valence-corrected chi connectivity index (χ1v) is 15.9. The first kappa shape index (κ1) is 28.9. The van der Waals surface area contributed by atoms with Crippen molar-refractivity contribution >= 4 is 6.09 Å². The lowest BCUT2D eigenvalue weighted by atomic mass is 9.41. The fraction of sp³-hybridized carbons (Fsp3) is 0.818. The number of aliphatic hydroxyl groups excluding tert-OH is 2. The number of rotatable bonds is 8. The predicted molar refractivity (Wildman–Crippen MR) is 153 cm³/mol. The minimum Gasteiger partial charge on any atom is -0.450 e. The molecule has 0 bridgehead atoms. The number of ether oxygens (including phenoxy) is 1. The number of hydrogen-bond donors (Lipinski definition) is 3. The molecule has 4 saturated carbocycles. The fourth-order valence-corrected chi connectivity index (χ4v) is 10.4. The predicted octanol–water partition coefficient (Wildman–Crippen LogP) is 6.00. The van der Waals surface area contributed by atoms with Crippen molar-refractivity contribution in [3.05, 3.63) is 30.1 Å². The highest BCUT2D eigenvalue weighted by Gasteiger charge is 2.64. The average Bonchev–Trinajstić information content (AvgIpc) is 3.27. The van der Waals surface area contributed by atoms with E-state index >= 15 is 0 Å². The molecule has 39 heavy (non-hydrogen) atoms. The van der Waals surface area contributed by atoms with E-state index in [2.05, 4.69) is 38.0 Å². The molecular weight excluding hydrogens is 488 g/mol. The number of nitrogens with one attached hydrogen (secondary N) is 1. The third-order valence-corrected chi connectivity index (χ3v) is 12.3. The molecule has 11 atom stereocenters. The van der Waals surface area contributed by atoms with Gasteiger partial charge in [0.1, 0.15) is 0 Å². The Kier molecular flexibility index (Phi) is 8.64. The van der Waals surface area contributed by atoms with Crippen LogP contribution in [0.25, 0.3) is 0 Å². The molecule has 218 valence electrons. The highest BCUT2D eigenvalue weighted by Crippen LogP contribution is 2.69. The molecular formula is C33H52N2O4. The van der Waals surface area contributed by atoms with Gasteiger partial charge in [0.05, 0.1) is 18.8 Å². The number of aromatic nitrogens is 1. The van der Waals surface area contributed by atoms with Crippen LogP contribution in [0.15, 0.2) is 24.4 Å². The van der Waals surface area contributed by atoms with Crippen LogP contribution >= 0.6 is 0 Å². The van der Waals surface area contributed by atoms with Gasteiger partial charge in [-0.1, -0.05) is 40.2 Å². The lowest BCUT2D eigenvalue weighted by Gasteiger charge is -2.64. The van der Waals surface area contributed by atoms with Crippen molar-refractivity contribution in [3.8, 4) is 0 Å². The number of pyridine rings is 1. The van der Waals surface area contributed by atoms with E-state index in [9.17, 15) is 15.0 Å². The molecule has 6 heteroatoms. The van der Waals surface area contributed by atoms with Gasteiger partial charge in [0.15, 0.2) is 0 Å². The lowest BCUT2D eigenvalue weighted by molar-refractivity contribution is -0.203. The summed E-state index contributed by atoms with van der Waals surface area (Å²) in [5, 5.41) is 25.3. The van der Waals surface area contributed by atoms with Gasteiger partial charge in [0.2, 0.25) is 0 Å². The number of amides is 1. The van der Waals surface area contributed by atoms with E-state index in [1.807, 2.05) is 18.2 Å². The second-order valence-electron chi connectivity index (χ2n) is 14.0. The van der Waals surface area contributed by atoms with Crippen LogP contribution in [0, 0.1) is 52.3 Å². The summed E-state index contributed by atoms with van der Waals surface area (Å²) in [4.78, 5) is 16.5. The molecule has 0 unspecified atom stereocenters. The fourth-order valence-electron chi connectivity index (χ4n) is 10.4. The van der Waals surface area contributed by atoms with Crippen molar-refractivity contribution < 1.29 is 19.7 Å². The largest absolute Gasteiger partial charge is 0.450 e. The van der Waals surface area contributed by atoms with Gasteiger partial charge in [-0.15, -0.1) is 0 Å². The Morgan fingerprint density at radius 3 is 2.62 bits per heavy atom. The Bertz CT molecular complexity index is 974. The van der Waals surface area contributed by atoms with Crippen molar-refractivity contribution in [3.63, 3.8) is 0 Å². The third-order valence-electron chi connectivity index (χ3n) is 12.3. The van der Waals surface area contributed by atoms with Gasteiger partial charge in [-0.3, -0.25) is 4.98 Å². The molecule has 0 radical (unpaired) electrons. The van der Waals surface area contributed by atoms with Crippen molar-refractivity contribution in [2.75, 3.05) is 13.2 Å². The summed E-state index contributed by atoms with van der Waals surface area (Å²) in [6, 6.07) is 5.81. The number of fused-ring (bicyclic) bond motifs is 5. The van der Waals surface area contributed by atoms with E-state index in [1.54, 1.807) is 6.20 Å². The number of hydrogen-bond acceptors (Lipinski definition) is 5. The zero-order chi connectivity index (χ0) is 27.8. The molecule has 0 spiro atoms. The normalized spacial score (nSPS) is 42.1. The number of carbonyl (C=O) groups is 1. The average molecular weight is 541 g/mol. The second kappa shape index (κ2) is 11.7. The summed E-state index contributed by atoms with van der Waals surface area (Å²) in [6.07, 6.45) is 11.3. The number of alkyl carbamates (subject to hydrolysis) is 1. The SMILES string of the molecule is CC[C@H]1[C@@H](O)[C@@H]2[C@H](CC[C@]3(C)[C@@H]([C@H](C)CCOC(=O)NCCc4ccccn4)CC[C@@H]23)[C@@]2(C)CC[C@@H](O)C[C@@H]12. The number of aliphatic hydroxyl groups is 2. The van der Waals surface area contributed by atoms with Crippen molar-refractivity contribution in [1.82, 2.24) is 10.3 Å². The van der Waals surface area contributed by atoms with E-state index in [4.69, 9.17) is 4.74 Å². The van der Waals surface area contributed by atoms with E-state index in [0.717, 1.165) is 37.8 Å². The highest BCUT2D eigenvalue weighted by molar-refractivity contribution is 5.67. The summed E-state index contributed by atoms with van der Waals surface area (Å²) in [5.41, 5.74) is 1.44. The molecule has 4 aliphatic carbocycles. The molecule has 1 heterocycles. The van der Waals surface area contributed by atoms with Gasteiger partial charge in [-0.2, -0.15) is 0 Å². The van der Waals surface area contributed by atoms with Crippen LogP contribution in [0.5, 0.6) is 0 Å². The standard InChI is InChI=1S/C33H52N2O4/c1-5-24-28-20-23(36)11-15-33(28,4)27-12-16-32(3)25(9-10-26(32)29(27)30(24)37)21(2)14-19-39-31(38)35-18-13-22-8-6-7-17-34-22/h6-8,17,21,23-30,36-37H,5,9-16,18-20H2,1-4H3,(H,35,38)/t21-,23-,24-,25-,26+,27+,28+,29+,30-,32-,33-/m1/s1. The van der Waals surface area contributed by atoms with Crippen LogP contribution in [0.3, 0.4) is 0 Å². The Balaban J connectivity index is 1.18. The van der Waals surface area contributed by atoms with Crippen molar-refractivity contribution in [1.29, 1.82) is 0 Å². The van der Waals surface area contributed by atoms with Crippen molar-refractivity contribution in [2.45, 2.75) is 104 Å². The number of carbonyl (C=O) groups excluding carboxylic acids is 1. The lowest BCUT2D eigenvalue weighted by Crippen LogP contribution is -2.62. The summed E-state index contributed by atoms with van der Waals surface area (Å²) >= 11 is 0. The summed E-state index contributed by atoms with van der Waals surface area (Å²) in [5.74, 6) is 3.33. The molecule has 1 amide bonds. The molecule has 0 aromatic carbocycles.